The molecule has 1 amide bonds. The number of nitrogens with two attached hydrogens (primary N) is 1. The number of hydrogen-bond donors (Lipinski definition) is 3. The van der Waals surface area contributed by atoms with E-state index in [1.165, 1.54) is 0 Å². The fourth-order valence-electron chi connectivity index (χ4n) is 2.29. The number of amides is 1. The van der Waals surface area contributed by atoms with Gasteiger partial charge in [-0.1, -0.05) is 25.1 Å². The summed E-state index contributed by atoms with van der Waals surface area (Å²) in [7, 11) is -4.05. The highest BCUT2D eigenvalue weighted by Crippen LogP contribution is 2.26. The fourth-order valence-corrected chi connectivity index (χ4v) is 3.13. The Morgan fingerprint density at radius 1 is 1.45 bits per heavy atom. The maximum atomic E-state index is 12.0. The van der Waals surface area contributed by atoms with E-state index >= 15 is 0 Å². The number of para-hydroxylation sites is 1. The third-order valence-electron chi connectivity index (χ3n) is 3.39. The van der Waals surface area contributed by atoms with Gasteiger partial charge >= 0.3 is 0 Å². The molecule has 2 rings (SSSR count). The highest BCUT2D eigenvalue weighted by atomic mass is 32.2. The summed E-state index contributed by atoms with van der Waals surface area (Å²) in [5.41, 5.74) is 8.34. The van der Waals surface area contributed by atoms with Gasteiger partial charge in [-0.25, -0.2) is 0 Å². The Kier molecular flexibility index (Phi) is 4.94. The predicted molar refractivity (Wildman–Crippen MR) is 83.8 cm³/mol. The smallest absolute Gasteiger partial charge is 0.265 e. The summed E-state index contributed by atoms with van der Waals surface area (Å²) in [5.74, 6) is -1.22. The Labute approximate surface area is 129 Å². The second-order valence-corrected chi connectivity index (χ2v) is 6.98. The first-order chi connectivity index (χ1) is 10.3. The van der Waals surface area contributed by atoms with Gasteiger partial charge in [0.05, 0.1) is 11.4 Å². The van der Waals surface area contributed by atoms with Gasteiger partial charge in [-0.15, -0.1) is 0 Å². The van der Waals surface area contributed by atoms with Crippen molar-refractivity contribution >= 4 is 27.4 Å². The molecule has 8 heteroatoms. The summed E-state index contributed by atoms with van der Waals surface area (Å²) in [6.45, 7) is 1.73. The molecule has 0 saturated heterocycles. The molecule has 1 aliphatic heterocycles. The zero-order valence-corrected chi connectivity index (χ0v) is 13.0. The van der Waals surface area contributed by atoms with E-state index in [1.807, 2.05) is 24.3 Å². The van der Waals surface area contributed by atoms with Gasteiger partial charge in [-0.3, -0.25) is 14.3 Å². The molecule has 7 nitrogen and oxygen atoms in total. The van der Waals surface area contributed by atoms with Gasteiger partial charge in [0.25, 0.3) is 10.1 Å². The van der Waals surface area contributed by atoms with Gasteiger partial charge in [-0.2, -0.15) is 8.42 Å². The minimum Gasteiger partial charge on any atom is -0.354 e. The van der Waals surface area contributed by atoms with Crippen LogP contribution in [0.4, 0.5) is 5.69 Å². The molecule has 0 spiro atoms. The molecular formula is C14H19N3O4S. The first kappa shape index (κ1) is 16.6. The Hall–Kier alpha value is -1.77. The summed E-state index contributed by atoms with van der Waals surface area (Å²) >= 11 is 0. The van der Waals surface area contributed by atoms with Crippen molar-refractivity contribution in [3.8, 4) is 0 Å². The number of nitrogens with zero attached hydrogens (tertiary/aromatic N) is 1. The van der Waals surface area contributed by atoms with Crippen LogP contribution >= 0.6 is 0 Å². The number of nitrogens with one attached hydrogen (secondary N) is 1. The Morgan fingerprint density at radius 2 is 2.14 bits per heavy atom. The molecule has 0 saturated carbocycles. The van der Waals surface area contributed by atoms with Gasteiger partial charge < -0.3 is 11.1 Å². The van der Waals surface area contributed by atoms with Gasteiger partial charge in [0, 0.05) is 18.7 Å². The first-order valence-corrected chi connectivity index (χ1v) is 8.51. The maximum absolute atomic E-state index is 12.0. The lowest BCUT2D eigenvalue weighted by Gasteiger charge is -2.15. The van der Waals surface area contributed by atoms with E-state index in [0.29, 0.717) is 12.1 Å². The van der Waals surface area contributed by atoms with Crippen LogP contribution < -0.4 is 11.1 Å². The second kappa shape index (κ2) is 6.55. The Bertz CT molecular complexity index is 700. The van der Waals surface area contributed by atoms with Crippen molar-refractivity contribution < 1.29 is 17.8 Å². The summed E-state index contributed by atoms with van der Waals surface area (Å²) in [5, 5.41) is 2.59. The van der Waals surface area contributed by atoms with Gasteiger partial charge in [-0.05, 0) is 17.5 Å². The molecule has 1 aromatic carbocycles. The minimum atomic E-state index is -4.05. The van der Waals surface area contributed by atoms with Crippen molar-refractivity contribution in [1.82, 2.24) is 5.32 Å². The van der Waals surface area contributed by atoms with Crippen LogP contribution in [0.3, 0.4) is 0 Å². The SMILES string of the molecule is CC(CNC(=O)[C@@H](N)C1=Nc2ccccc2C1)CS(=O)(=O)O. The van der Waals surface area contributed by atoms with Crippen LogP contribution in [0.1, 0.15) is 12.5 Å². The van der Waals surface area contributed by atoms with E-state index in [2.05, 4.69) is 10.3 Å². The third kappa shape index (κ3) is 4.36. The first-order valence-electron chi connectivity index (χ1n) is 6.90. The highest BCUT2D eigenvalue weighted by molar-refractivity contribution is 7.85. The van der Waals surface area contributed by atoms with E-state index in [1.54, 1.807) is 6.92 Å². The maximum Gasteiger partial charge on any atom is 0.265 e. The molecule has 0 fully saturated rings. The lowest BCUT2D eigenvalue weighted by Crippen LogP contribution is -2.47. The molecule has 4 N–H and O–H groups in total. The van der Waals surface area contributed by atoms with Crippen LogP contribution in [0.5, 0.6) is 0 Å². The standard InChI is InChI=1S/C14H19N3O4S/c1-9(8-22(19,20)21)7-16-14(18)13(15)12-6-10-4-2-3-5-11(10)17-12/h2-5,9,13H,6-8,15H2,1H3,(H,16,18)(H,19,20,21)/t9?,13-/m0/s1. The van der Waals surface area contributed by atoms with Crippen molar-refractivity contribution in [3.63, 3.8) is 0 Å². The van der Waals surface area contributed by atoms with E-state index in [-0.39, 0.29) is 6.54 Å². The summed E-state index contributed by atoms with van der Waals surface area (Å²) < 4.78 is 30.3. The topological polar surface area (TPSA) is 122 Å². The second-order valence-electron chi connectivity index (χ2n) is 5.49. The van der Waals surface area contributed by atoms with Crippen LogP contribution in [0.25, 0.3) is 0 Å². The Balaban J connectivity index is 1.89. The summed E-state index contributed by atoms with van der Waals surface area (Å²) in [4.78, 5) is 16.4. The molecule has 22 heavy (non-hydrogen) atoms. The number of carbonyl (C=O) groups is 1. The van der Waals surface area contributed by atoms with Gasteiger partial charge in [0.2, 0.25) is 5.91 Å². The molecule has 2 atom stereocenters. The summed E-state index contributed by atoms with van der Waals surface area (Å²) in [6.07, 6.45) is 0.533. The van der Waals surface area contributed by atoms with Crippen molar-refractivity contribution in [3.05, 3.63) is 29.8 Å². The third-order valence-corrected chi connectivity index (χ3v) is 4.38. The number of fused-ring (bicyclic) bond motifs is 1. The molecule has 1 aliphatic rings. The van der Waals surface area contributed by atoms with Crippen molar-refractivity contribution in [2.45, 2.75) is 19.4 Å². The molecule has 0 radical (unpaired) electrons. The van der Waals surface area contributed by atoms with Crippen LogP contribution in [0.2, 0.25) is 0 Å². The lowest BCUT2D eigenvalue weighted by atomic mass is 10.1. The van der Waals surface area contributed by atoms with E-state index < -0.39 is 33.7 Å². The molecular weight excluding hydrogens is 306 g/mol. The number of carbonyl (C=O) groups excluding carboxylic acids is 1. The minimum absolute atomic E-state index is 0.118. The lowest BCUT2D eigenvalue weighted by molar-refractivity contribution is -0.121. The zero-order valence-electron chi connectivity index (χ0n) is 12.2. The van der Waals surface area contributed by atoms with E-state index in [9.17, 15) is 13.2 Å². The van der Waals surface area contributed by atoms with Crippen molar-refractivity contribution in [2.75, 3.05) is 12.3 Å². The molecule has 1 unspecified atom stereocenters. The van der Waals surface area contributed by atoms with Crippen LogP contribution in [0.15, 0.2) is 29.3 Å². The Morgan fingerprint density at radius 3 is 2.77 bits per heavy atom. The van der Waals surface area contributed by atoms with E-state index in [0.717, 1.165) is 11.3 Å². The average molecular weight is 325 g/mol. The number of hydrogen-bond acceptors (Lipinski definition) is 5. The molecule has 120 valence electrons. The highest BCUT2D eigenvalue weighted by Gasteiger charge is 2.25. The van der Waals surface area contributed by atoms with Crippen LogP contribution in [-0.4, -0.2) is 42.9 Å². The predicted octanol–water partition coefficient (Wildman–Crippen LogP) is 0.283. The number of aliphatic imine (C=N–C) groups is 1. The zero-order chi connectivity index (χ0) is 16.3. The monoisotopic (exact) mass is 325 g/mol. The van der Waals surface area contributed by atoms with Crippen molar-refractivity contribution in [1.29, 1.82) is 0 Å². The van der Waals surface area contributed by atoms with Gasteiger partial charge in [0.1, 0.15) is 6.04 Å². The molecule has 0 aliphatic carbocycles. The van der Waals surface area contributed by atoms with Crippen LogP contribution in [-0.2, 0) is 21.3 Å². The molecule has 1 heterocycles. The average Bonchev–Trinajstić information content (AvgIpc) is 2.85. The van der Waals surface area contributed by atoms with Crippen molar-refractivity contribution in [2.24, 2.45) is 16.6 Å². The fraction of sp³-hybridized carbons (Fsp3) is 0.429. The number of rotatable bonds is 6. The molecule has 1 aromatic rings. The quantitative estimate of drug-likeness (QED) is 0.649. The molecule has 0 aromatic heterocycles. The molecule has 0 bridgehead atoms. The normalized spacial score (nSPS) is 16.6. The number of benzene rings is 1. The van der Waals surface area contributed by atoms with Crippen LogP contribution in [0, 0.1) is 5.92 Å². The van der Waals surface area contributed by atoms with E-state index in [4.69, 9.17) is 10.3 Å². The largest absolute Gasteiger partial charge is 0.354 e. The summed E-state index contributed by atoms with van der Waals surface area (Å²) in [6, 6.07) is 6.70. The van der Waals surface area contributed by atoms with Gasteiger partial charge in [0.15, 0.2) is 0 Å².